The van der Waals surface area contributed by atoms with E-state index < -0.39 is 0 Å². The molecule has 98 valence electrons. The Hall–Kier alpha value is -1.53. The first-order chi connectivity index (χ1) is 8.67. The van der Waals surface area contributed by atoms with E-state index in [0.29, 0.717) is 18.9 Å². The molecule has 0 heterocycles. The first-order valence-electron chi connectivity index (χ1n) is 6.53. The number of rotatable bonds is 7. The van der Waals surface area contributed by atoms with Gasteiger partial charge in [-0.3, -0.25) is 0 Å². The van der Waals surface area contributed by atoms with Crippen molar-refractivity contribution >= 4 is 0 Å². The molecule has 0 saturated heterocycles. The van der Waals surface area contributed by atoms with Crippen LogP contribution >= 0.6 is 0 Å². The lowest BCUT2D eigenvalue weighted by Gasteiger charge is -2.11. The van der Waals surface area contributed by atoms with E-state index in [9.17, 15) is 0 Å². The van der Waals surface area contributed by atoms with Crippen LogP contribution in [0.2, 0.25) is 0 Å². The lowest BCUT2D eigenvalue weighted by Crippen LogP contribution is -2.28. The predicted molar refractivity (Wildman–Crippen MR) is 73.7 cm³/mol. The summed E-state index contributed by atoms with van der Waals surface area (Å²) in [4.78, 5) is 0. The van der Waals surface area contributed by atoms with Crippen molar-refractivity contribution in [3.8, 4) is 11.8 Å². The minimum absolute atomic E-state index is 0.120. The molecule has 0 fully saturated rings. The summed E-state index contributed by atoms with van der Waals surface area (Å²) in [5.41, 5.74) is 1.31. The van der Waals surface area contributed by atoms with Crippen molar-refractivity contribution in [1.82, 2.24) is 5.32 Å². The van der Waals surface area contributed by atoms with Crippen LogP contribution in [0.15, 0.2) is 24.3 Å². The standard InChI is InChI=1S/C15H22N2O/c1-4-17-14(11-16)9-10-18-15-7-5-13(6-8-15)12(2)3/h5-8,12,14,17H,4,9-10H2,1-3H3. The van der Waals surface area contributed by atoms with Crippen molar-refractivity contribution in [2.45, 2.75) is 39.2 Å². The Kier molecular flexibility index (Phi) is 6.24. The van der Waals surface area contributed by atoms with Crippen molar-refractivity contribution in [2.75, 3.05) is 13.2 Å². The molecule has 3 nitrogen and oxygen atoms in total. The van der Waals surface area contributed by atoms with Gasteiger partial charge in [0.2, 0.25) is 0 Å². The molecule has 0 bridgehead atoms. The van der Waals surface area contributed by atoms with Gasteiger partial charge in [0, 0.05) is 6.42 Å². The average molecular weight is 246 g/mol. The van der Waals surface area contributed by atoms with E-state index in [1.54, 1.807) is 0 Å². The number of benzene rings is 1. The molecule has 0 aliphatic rings. The van der Waals surface area contributed by atoms with Crippen LogP contribution < -0.4 is 10.1 Å². The normalized spacial score (nSPS) is 12.2. The lowest BCUT2D eigenvalue weighted by atomic mass is 10.0. The van der Waals surface area contributed by atoms with Gasteiger partial charge in [-0.05, 0) is 30.2 Å². The molecule has 0 aromatic heterocycles. The fourth-order valence-corrected chi connectivity index (χ4v) is 1.70. The predicted octanol–water partition coefficient (Wildman–Crippen LogP) is 3.08. The van der Waals surface area contributed by atoms with Gasteiger partial charge in [-0.25, -0.2) is 0 Å². The van der Waals surface area contributed by atoms with Crippen LogP contribution in [0.1, 0.15) is 38.7 Å². The van der Waals surface area contributed by atoms with Crippen LogP contribution in [0, 0.1) is 11.3 Å². The summed E-state index contributed by atoms with van der Waals surface area (Å²) in [5, 5.41) is 12.0. The second kappa shape index (κ2) is 7.73. The van der Waals surface area contributed by atoms with E-state index in [-0.39, 0.29) is 6.04 Å². The van der Waals surface area contributed by atoms with Crippen LogP contribution in [-0.2, 0) is 0 Å². The Morgan fingerprint density at radius 3 is 2.44 bits per heavy atom. The average Bonchev–Trinajstić information content (AvgIpc) is 2.38. The van der Waals surface area contributed by atoms with Crippen LogP contribution in [0.4, 0.5) is 0 Å². The van der Waals surface area contributed by atoms with Crippen LogP contribution in [-0.4, -0.2) is 19.2 Å². The van der Waals surface area contributed by atoms with Gasteiger partial charge in [-0.15, -0.1) is 0 Å². The summed E-state index contributed by atoms with van der Waals surface area (Å²) in [6.07, 6.45) is 0.705. The maximum Gasteiger partial charge on any atom is 0.119 e. The summed E-state index contributed by atoms with van der Waals surface area (Å²) in [7, 11) is 0. The molecular formula is C15H22N2O. The van der Waals surface area contributed by atoms with Crippen molar-refractivity contribution in [3.63, 3.8) is 0 Å². The molecule has 0 aliphatic carbocycles. The lowest BCUT2D eigenvalue weighted by molar-refractivity contribution is 0.298. The number of nitrogens with zero attached hydrogens (tertiary/aromatic N) is 1. The van der Waals surface area contributed by atoms with Gasteiger partial charge >= 0.3 is 0 Å². The van der Waals surface area contributed by atoms with Crippen molar-refractivity contribution in [3.05, 3.63) is 29.8 Å². The second-order valence-electron chi connectivity index (χ2n) is 4.60. The maximum absolute atomic E-state index is 8.88. The summed E-state index contributed by atoms with van der Waals surface area (Å²) in [5.74, 6) is 1.41. The van der Waals surface area contributed by atoms with Crippen molar-refractivity contribution in [1.29, 1.82) is 5.26 Å². The van der Waals surface area contributed by atoms with Gasteiger partial charge < -0.3 is 10.1 Å². The SMILES string of the molecule is CCNC(C#N)CCOc1ccc(C(C)C)cc1. The number of nitriles is 1. The Morgan fingerprint density at radius 2 is 1.94 bits per heavy atom. The second-order valence-corrected chi connectivity index (χ2v) is 4.60. The molecule has 0 saturated carbocycles. The van der Waals surface area contributed by atoms with Crippen LogP contribution in [0.25, 0.3) is 0 Å². The van der Waals surface area contributed by atoms with Crippen LogP contribution in [0.5, 0.6) is 5.75 Å². The summed E-state index contributed by atoms with van der Waals surface area (Å²) < 4.78 is 5.63. The molecule has 0 aliphatic heterocycles. The van der Waals surface area contributed by atoms with E-state index in [1.807, 2.05) is 19.1 Å². The van der Waals surface area contributed by atoms with Gasteiger partial charge in [0.15, 0.2) is 0 Å². The third kappa shape index (κ3) is 4.77. The molecule has 18 heavy (non-hydrogen) atoms. The fourth-order valence-electron chi connectivity index (χ4n) is 1.70. The molecule has 1 N–H and O–H groups in total. The first-order valence-corrected chi connectivity index (χ1v) is 6.53. The summed E-state index contributed by atoms with van der Waals surface area (Å²) in [6, 6.07) is 10.3. The van der Waals surface area contributed by atoms with Gasteiger partial charge in [0.05, 0.1) is 18.7 Å². The minimum atomic E-state index is -0.120. The van der Waals surface area contributed by atoms with E-state index in [1.165, 1.54) is 5.56 Å². The third-order valence-electron chi connectivity index (χ3n) is 2.83. The van der Waals surface area contributed by atoms with Gasteiger partial charge in [-0.1, -0.05) is 32.9 Å². The highest BCUT2D eigenvalue weighted by molar-refractivity contribution is 5.28. The molecule has 1 aromatic carbocycles. The third-order valence-corrected chi connectivity index (χ3v) is 2.83. The number of hydrogen-bond acceptors (Lipinski definition) is 3. The Labute approximate surface area is 110 Å². The van der Waals surface area contributed by atoms with Crippen LogP contribution in [0.3, 0.4) is 0 Å². The van der Waals surface area contributed by atoms with E-state index >= 15 is 0 Å². The Bertz CT molecular complexity index is 378. The highest BCUT2D eigenvalue weighted by atomic mass is 16.5. The van der Waals surface area contributed by atoms with E-state index in [2.05, 4.69) is 37.4 Å². The topological polar surface area (TPSA) is 45.0 Å². The van der Waals surface area contributed by atoms with E-state index in [0.717, 1.165) is 12.3 Å². The summed E-state index contributed by atoms with van der Waals surface area (Å²) in [6.45, 7) is 7.71. The largest absolute Gasteiger partial charge is 0.493 e. The zero-order valence-electron chi connectivity index (χ0n) is 11.4. The number of nitrogens with one attached hydrogen (secondary N) is 1. The Balaban J connectivity index is 2.37. The molecule has 0 spiro atoms. The molecular weight excluding hydrogens is 224 g/mol. The number of ether oxygens (including phenoxy) is 1. The molecule has 0 radical (unpaired) electrons. The Morgan fingerprint density at radius 1 is 1.28 bits per heavy atom. The molecule has 3 heteroatoms. The fraction of sp³-hybridized carbons (Fsp3) is 0.533. The molecule has 1 rings (SSSR count). The molecule has 1 aromatic rings. The highest BCUT2D eigenvalue weighted by Crippen LogP contribution is 2.18. The highest BCUT2D eigenvalue weighted by Gasteiger charge is 2.05. The molecule has 0 amide bonds. The monoisotopic (exact) mass is 246 g/mol. The van der Waals surface area contributed by atoms with Gasteiger partial charge in [-0.2, -0.15) is 5.26 Å². The molecule has 1 atom stereocenters. The van der Waals surface area contributed by atoms with Gasteiger partial charge in [0.1, 0.15) is 5.75 Å². The van der Waals surface area contributed by atoms with Crippen molar-refractivity contribution in [2.24, 2.45) is 0 Å². The quantitative estimate of drug-likeness (QED) is 0.804. The smallest absolute Gasteiger partial charge is 0.119 e. The van der Waals surface area contributed by atoms with Gasteiger partial charge in [0.25, 0.3) is 0 Å². The van der Waals surface area contributed by atoms with E-state index in [4.69, 9.17) is 10.00 Å². The number of hydrogen-bond donors (Lipinski definition) is 1. The zero-order chi connectivity index (χ0) is 13.4. The van der Waals surface area contributed by atoms with Crippen molar-refractivity contribution < 1.29 is 4.74 Å². The maximum atomic E-state index is 8.88. The first kappa shape index (κ1) is 14.5. The summed E-state index contributed by atoms with van der Waals surface area (Å²) >= 11 is 0. The molecule has 1 unspecified atom stereocenters. The zero-order valence-corrected chi connectivity index (χ0v) is 11.4. The minimum Gasteiger partial charge on any atom is -0.493 e.